The molecule has 0 aliphatic heterocycles. The van der Waals surface area contributed by atoms with E-state index in [9.17, 15) is 0 Å². The van der Waals surface area contributed by atoms with Gasteiger partial charge in [-0.3, -0.25) is 0 Å². The number of phenols is 1. The van der Waals surface area contributed by atoms with Crippen molar-refractivity contribution in [3.8, 4) is 5.75 Å². The summed E-state index contributed by atoms with van der Waals surface area (Å²) in [6, 6.07) is 4.41. The van der Waals surface area contributed by atoms with Crippen molar-refractivity contribution in [2.45, 2.75) is 0 Å². The van der Waals surface area contributed by atoms with Gasteiger partial charge >= 0.3 is 0 Å². The zero-order valence-electron chi connectivity index (χ0n) is 10.8. The smallest absolute Gasteiger partial charge is 0.117 e. The molecule has 0 saturated carbocycles. The molecule has 0 fully saturated rings. The molecule has 110 valence electrons. The minimum absolute atomic E-state index is 0.129. The summed E-state index contributed by atoms with van der Waals surface area (Å²) in [6.45, 7) is 5.14. The van der Waals surface area contributed by atoms with Crippen LogP contribution in [0.3, 0.4) is 0 Å². The van der Waals surface area contributed by atoms with E-state index in [-0.39, 0.29) is 5.75 Å². The summed E-state index contributed by atoms with van der Waals surface area (Å²) in [5.74, 6) is 0.129. The molecule has 0 aliphatic carbocycles. The van der Waals surface area contributed by atoms with Crippen LogP contribution in [0, 0.1) is 0 Å². The summed E-state index contributed by atoms with van der Waals surface area (Å²) in [6.07, 6.45) is 0. The van der Waals surface area contributed by atoms with Gasteiger partial charge in [0, 0.05) is 39.3 Å². The van der Waals surface area contributed by atoms with Crippen molar-refractivity contribution in [2.24, 2.45) is 11.5 Å². The third-order valence-electron chi connectivity index (χ3n) is 2.02. The number of nitrogens with one attached hydrogen (secondary N) is 2. The molecule has 0 bridgehead atoms. The van der Waals surface area contributed by atoms with Crippen molar-refractivity contribution < 1.29 is 5.11 Å². The van der Waals surface area contributed by atoms with Gasteiger partial charge < -0.3 is 27.2 Å². The van der Waals surface area contributed by atoms with Gasteiger partial charge in [-0.25, -0.2) is 0 Å². The van der Waals surface area contributed by atoms with Gasteiger partial charge in [-0.1, -0.05) is 23.2 Å². The van der Waals surface area contributed by atoms with Gasteiger partial charge in [0.15, 0.2) is 0 Å². The average molecular weight is 309 g/mol. The van der Waals surface area contributed by atoms with Crippen LogP contribution in [-0.4, -0.2) is 44.4 Å². The number of halogens is 2. The highest BCUT2D eigenvalue weighted by Gasteiger charge is 1.95. The fourth-order valence-electron chi connectivity index (χ4n) is 1.12. The Balaban J connectivity index is 0.000000342. The van der Waals surface area contributed by atoms with Crippen LogP contribution in [0.2, 0.25) is 10.0 Å². The second kappa shape index (κ2) is 12.5. The molecule has 7 N–H and O–H groups in total. The minimum Gasteiger partial charge on any atom is -0.508 e. The molecule has 1 aromatic rings. The summed E-state index contributed by atoms with van der Waals surface area (Å²) in [7, 11) is 0. The van der Waals surface area contributed by atoms with Gasteiger partial charge in [-0.15, -0.1) is 0 Å². The second-order valence-corrected chi connectivity index (χ2v) is 4.49. The first-order valence-electron chi connectivity index (χ1n) is 6.07. The number of benzene rings is 1. The number of phenolic OH excluding ortho intramolecular Hbond substituents is 1. The van der Waals surface area contributed by atoms with E-state index in [0.717, 1.165) is 26.2 Å². The SMILES string of the molecule is NCCNCCNCCN.Oc1ccc(Cl)c(Cl)c1. The summed E-state index contributed by atoms with van der Waals surface area (Å²) in [4.78, 5) is 0. The van der Waals surface area contributed by atoms with Gasteiger partial charge in [0.25, 0.3) is 0 Å². The summed E-state index contributed by atoms with van der Waals surface area (Å²) in [5.41, 5.74) is 10.5. The summed E-state index contributed by atoms with van der Waals surface area (Å²) < 4.78 is 0. The molecular weight excluding hydrogens is 287 g/mol. The Kier molecular flexibility index (Phi) is 12.1. The molecule has 0 unspecified atom stereocenters. The highest BCUT2D eigenvalue weighted by molar-refractivity contribution is 6.42. The van der Waals surface area contributed by atoms with E-state index in [4.69, 9.17) is 39.8 Å². The molecular formula is C12H22Cl2N4O. The predicted molar refractivity (Wildman–Crippen MR) is 82.0 cm³/mol. The van der Waals surface area contributed by atoms with Crippen LogP contribution in [0.1, 0.15) is 0 Å². The van der Waals surface area contributed by atoms with Crippen LogP contribution >= 0.6 is 23.2 Å². The van der Waals surface area contributed by atoms with Gasteiger partial charge in [0.2, 0.25) is 0 Å². The fraction of sp³-hybridized carbons (Fsp3) is 0.500. The standard InChI is InChI=1S/C6H4Cl2O.C6H18N4/c7-5-2-1-4(9)3-6(5)8;7-1-3-9-5-6-10-4-2-8/h1-3,9H;9-10H,1-8H2. The molecule has 0 radical (unpaired) electrons. The molecule has 19 heavy (non-hydrogen) atoms. The first-order chi connectivity index (χ1) is 9.11. The van der Waals surface area contributed by atoms with Crippen molar-refractivity contribution in [1.82, 2.24) is 10.6 Å². The van der Waals surface area contributed by atoms with Crippen molar-refractivity contribution in [2.75, 3.05) is 39.3 Å². The molecule has 0 aromatic heterocycles. The van der Waals surface area contributed by atoms with Crippen molar-refractivity contribution in [3.05, 3.63) is 28.2 Å². The van der Waals surface area contributed by atoms with E-state index in [2.05, 4.69) is 10.6 Å². The Morgan fingerprint density at radius 2 is 1.42 bits per heavy atom. The maximum Gasteiger partial charge on any atom is 0.117 e. The lowest BCUT2D eigenvalue weighted by molar-refractivity contribution is 0.475. The van der Waals surface area contributed by atoms with Crippen LogP contribution < -0.4 is 22.1 Å². The quantitative estimate of drug-likeness (QED) is 0.480. The predicted octanol–water partition coefficient (Wildman–Crippen LogP) is 0.782. The second-order valence-electron chi connectivity index (χ2n) is 3.68. The minimum atomic E-state index is 0.129. The molecule has 1 aromatic carbocycles. The van der Waals surface area contributed by atoms with E-state index in [1.807, 2.05) is 0 Å². The number of aromatic hydroxyl groups is 1. The normalized spacial score (nSPS) is 9.89. The van der Waals surface area contributed by atoms with Crippen LogP contribution in [0.4, 0.5) is 0 Å². The van der Waals surface area contributed by atoms with Gasteiger partial charge in [-0.2, -0.15) is 0 Å². The lowest BCUT2D eigenvalue weighted by Gasteiger charge is -2.03. The zero-order chi connectivity index (χ0) is 14.5. The maximum atomic E-state index is 8.79. The zero-order valence-corrected chi connectivity index (χ0v) is 12.3. The first kappa shape index (κ1) is 18.4. The Hall–Kier alpha value is -0.560. The molecule has 7 heteroatoms. The monoisotopic (exact) mass is 308 g/mol. The molecule has 0 saturated heterocycles. The molecule has 0 heterocycles. The highest BCUT2D eigenvalue weighted by atomic mass is 35.5. The Morgan fingerprint density at radius 3 is 1.79 bits per heavy atom. The van der Waals surface area contributed by atoms with Crippen LogP contribution in [-0.2, 0) is 0 Å². The Labute approximate surface area is 124 Å². The van der Waals surface area contributed by atoms with E-state index >= 15 is 0 Å². The maximum absolute atomic E-state index is 8.79. The van der Waals surface area contributed by atoms with Crippen molar-refractivity contribution in [1.29, 1.82) is 0 Å². The van der Waals surface area contributed by atoms with Gasteiger partial charge in [0.1, 0.15) is 5.75 Å². The summed E-state index contributed by atoms with van der Waals surface area (Å²) in [5, 5.41) is 16.0. The van der Waals surface area contributed by atoms with Crippen LogP contribution in [0.25, 0.3) is 0 Å². The molecule has 1 rings (SSSR count). The molecule has 0 amide bonds. The number of rotatable bonds is 7. The Morgan fingerprint density at radius 1 is 0.895 bits per heavy atom. The third kappa shape index (κ3) is 11.0. The lowest BCUT2D eigenvalue weighted by atomic mass is 10.3. The van der Waals surface area contributed by atoms with Gasteiger partial charge in [0.05, 0.1) is 10.0 Å². The largest absolute Gasteiger partial charge is 0.508 e. The molecule has 0 atom stereocenters. The van der Waals surface area contributed by atoms with Crippen molar-refractivity contribution >= 4 is 23.2 Å². The summed E-state index contributed by atoms with van der Waals surface area (Å²) >= 11 is 11.1. The van der Waals surface area contributed by atoms with E-state index in [1.54, 1.807) is 6.07 Å². The lowest BCUT2D eigenvalue weighted by Crippen LogP contribution is -2.32. The highest BCUT2D eigenvalue weighted by Crippen LogP contribution is 2.24. The van der Waals surface area contributed by atoms with Crippen LogP contribution in [0.15, 0.2) is 18.2 Å². The van der Waals surface area contributed by atoms with Gasteiger partial charge in [-0.05, 0) is 18.2 Å². The molecule has 0 aliphatic rings. The fourth-order valence-corrected chi connectivity index (χ4v) is 1.41. The number of nitrogens with two attached hydrogens (primary N) is 2. The van der Waals surface area contributed by atoms with E-state index in [0.29, 0.717) is 23.1 Å². The third-order valence-corrected chi connectivity index (χ3v) is 2.76. The average Bonchev–Trinajstić information content (AvgIpc) is 2.39. The van der Waals surface area contributed by atoms with E-state index in [1.165, 1.54) is 12.1 Å². The molecule has 0 spiro atoms. The topological polar surface area (TPSA) is 96.3 Å². The number of hydrogen-bond acceptors (Lipinski definition) is 5. The van der Waals surface area contributed by atoms with Crippen molar-refractivity contribution in [3.63, 3.8) is 0 Å². The van der Waals surface area contributed by atoms with Crippen LogP contribution in [0.5, 0.6) is 5.75 Å². The number of hydrogen-bond donors (Lipinski definition) is 5. The van der Waals surface area contributed by atoms with E-state index < -0.39 is 0 Å². The molecule has 5 nitrogen and oxygen atoms in total. The first-order valence-corrected chi connectivity index (χ1v) is 6.83. The Bertz CT molecular complexity index is 332.